The first-order chi connectivity index (χ1) is 30.9. The number of nitrogens with zero attached hydrogens (tertiary/aromatic N) is 7. The van der Waals surface area contributed by atoms with Crippen molar-refractivity contribution in [3.8, 4) is 11.5 Å². The monoisotopic (exact) mass is 929 g/mol. The molecule has 3 aromatic carbocycles. The molecule has 350 valence electrons. The van der Waals surface area contributed by atoms with Crippen LogP contribution in [0.4, 0.5) is 39.8 Å². The van der Waals surface area contributed by atoms with Gasteiger partial charge in [-0.2, -0.15) is 5.11 Å². The summed E-state index contributed by atoms with van der Waals surface area (Å²) in [5.41, 5.74) is 1.38. The van der Waals surface area contributed by atoms with Gasteiger partial charge in [0.1, 0.15) is 42.8 Å². The standard InChI is InChI=1S/C45H61Cl2N7O10/c1-6-10-12-33(8-3)28-63-43-27-41(51-49-39-17-15-36(53(57)58)25-42(39)54(59)60)44(64-29-34(9-4)13-11-7-2)26-40(43)50-48-38-16-14-35(24-32(38)5)52(22-23-62-45(56)19-21-47)31-61-30-37(55)18-20-46/h14-17,24-27,33-34H,6-13,18-23,28-31H2,1-5H3. The summed E-state index contributed by atoms with van der Waals surface area (Å²) < 4.78 is 23.9. The number of azo groups is 2. The van der Waals surface area contributed by atoms with Crippen molar-refractivity contribution < 1.29 is 38.4 Å². The molecule has 3 rings (SSSR count). The van der Waals surface area contributed by atoms with Crippen LogP contribution in [-0.4, -0.2) is 73.1 Å². The van der Waals surface area contributed by atoms with E-state index in [2.05, 4.69) is 48.2 Å². The van der Waals surface area contributed by atoms with Gasteiger partial charge in [-0.3, -0.25) is 29.8 Å². The summed E-state index contributed by atoms with van der Waals surface area (Å²) in [6.45, 7) is 11.3. The summed E-state index contributed by atoms with van der Waals surface area (Å²) in [6, 6.07) is 11.9. The first-order valence-corrected chi connectivity index (χ1v) is 22.9. The highest BCUT2D eigenvalue weighted by Gasteiger charge is 2.21. The zero-order chi connectivity index (χ0) is 46.9. The van der Waals surface area contributed by atoms with Gasteiger partial charge in [0.25, 0.3) is 5.69 Å². The Kier molecular flexibility index (Phi) is 24.2. The Morgan fingerprint density at radius 3 is 1.81 bits per heavy atom. The Labute approximate surface area is 385 Å². The molecule has 0 aromatic heterocycles. The molecule has 2 atom stereocenters. The number of ketones is 1. The Bertz CT molecular complexity index is 2010. The third-order valence-corrected chi connectivity index (χ3v) is 10.7. The average Bonchev–Trinajstić information content (AvgIpc) is 3.28. The van der Waals surface area contributed by atoms with Crippen LogP contribution in [0, 0.1) is 39.0 Å². The quantitative estimate of drug-likeness (QED) is 0.0143. The van der Waals surface area contributed by atoms with Crippen LogP contribution in [0.15, 0.2) is 69.0 Å². The molecule has 0 saturated heterocycles. The van der Waals surface area contributed by atoms with Crippen molar-refractivity contribution in [2.75, 3.05) is 56.4 Å². The van der Waals surface area contributed by atoms with Gasteiger partial charge in [0, 0.05) is 42.1 Å². The fraction of sp³-hybridized carbons (Fsp3) is 0.556. The Balaban J connectivity index is 2.11. The van der Waals surface area contributed by atoms with Gasteiger partial charge in [-0.15, -0.1) is 38.5 Å². The number of ether oxygens (including phenoxy) is 4. The number of aryl methyl sites for hydroxylation is 1. The number of anilines is 1. The predicted octanol–water partition coefficient (Wildman–Crippen LogP) is 13.0. The largest absolute Gasteiger partial charge is 0.491 e. The number of carbonyl (C=O) groups is 2. The molecule has 3 aromatic rings. The predicted molar refractivity (Wildman–Crippen MR) is 248 cm³/mol. The van der Waals surface area contributed by atoms with Gasteiger partial charge >= 0.3 is 11.7 Å². The molecule has 0 bridgehead atoms. The van der Waals surface area contributed by atoms with Gasteiger partial charge in [0.05, 0.1) is 47.8 Å². The van der Waals surface area contributed by atoms with Gasteiger partial charge in [0.15, 0.2) is 11.5 Å². The van der Waals surface area contributed by atoms with E-state index >= 15 is 0 Å². The molecular weight excluding hydrogens is 869 g/mol. The van der Waals surface area contributed by atoms with Gasteiger partial charge in [-0.1, -0.05) is 66.2 Å². The van der Waals surface area contributed by atoms with E-state index < -0.39 is 27.2 Å². The van der Waals surface area contributed by atoms with Crippen molar-refractivity contribution in [2.45, 2.75) is 98.8 Å². The number of unbranched alkanes of at least 4 members (excludes halogenated alkanes) is 2. The maximum Gasteiger partial charge on any atom is 0.307 e. The summed E-state index contributed by atoms with van der Waals surface area (Å²) >= 11 is 11.4. The number of rotatable bonds is 32. The van der Waals surface area contributed by atoms with Crippen molar-refractivity contribution in [1.82, 2.24) is 0 Å². The van der Waals surface area contributed by atoms with E-state index in [4.69, 9.17) is 42.1 Å². The minimum absolute atomic E-state index is 0.0421. The first kappa shape index (κ1) is 53.1. The number of benzene rings is 3. The lowest BCUT2D eigenvalue weighted by atomic mass is 10.0. The minimum atomic E-state index is -0.745. The smallest absolute Gasteiger partial charge is 0.307 e. The molecule has 0 aliphatic carbocycles. The van der Waals surface area contributed by atoms with Crippen molar-refractivity contribution in [3.63, 3.8) is 0 Å². The number of carbonyl (C=O) groups excluding carboxylic acids is 2. The van der Waals surface area contributed by atoms with Crippen LogP contribution < -0.4 is 14.4 Å². The van der Waals surface area contributed by atoms with E-state index in [-0.39, 0.29) is 80.1 Å². The van der Waals surface area contributed by atoms with Gasteiger partial charge in [-0.05, 0) is 61.4 Å². The molecule has 0 saturated carbocycles. The summed E-state index contributed by atoms with van der Waals surface area (Å²) in [6.07, 6.45) is 8.08. The molecule has 0 spiro atoms. The van der Waals surface area contributed by atoms with Gasteiger partial charge < -0.3 is 23.8 Å². The summed E-state index contributed by atoms with van der Waals surface area (Å²) in [7, 11) is 0. The average molecular weight is 931 g/mol. The molecule has 0 aliphatic heterocycles. The van der Waals surface area contributed by atoms with Crippen LogP contribution in [-0.2, 0) is 19.1 Å². The zero-order valence-electron chi connectivity index (χ0n) is 37.5. The maximum absolute atomic E-state index is 12.1. The van der Waals surface area contributed by atoms with Crippen LogP contribution in [0.25, 0.3) is 0 Å². The Morgan fingerprint density at radius 2 is 1.30 bits per heavy atom. The van der Waals surface area contributed by atoms with E-state index in [1.54, 1.807) is 18.2 Å². The summed E-state index contributed by atoms with van der Waals surface area (Å²) in [5.74, 6) is 0.903. The highest BCUT2D eigenvalue weighted by atomic mass is 35.5. The number of hydrogen-bond acceptors (Lipinski definition) is 15. The third kappa shape index (κ3) is 18.1. The molecule has 19 heteroatoms. The van der Waals surface area contributed by atoms with Crippen LogP contribution in [0.1, 0.15) is 97.5 Å². The van der Waals surface area contributed by atoms with Crippen LogP contribution in [0.5, 0.6) is 11.5 Å². The van der Waals surface area contributed by atoms with Gasteiger partial charge in [-0.25, -0.2) is 0 Å². The second-order valence-corrected chi connectivity index (χ2v) is 15.9. The second-order valence-electron chi connectivity index (χ2n) is 15.2. The van der Waals surface area contributed by atoms with Gasteiger partial charge in [0.2, 0.25) is 0 Å². The fourth-order valence-corrected chi connectivity index (χ4v) is 6.66. The molecule has 0 radical (unpaired) electrons. The molecule has 0 aliphatic rings. The number of hydrogen-bond donors (Lipinski definition) is 0. The van der Waals surface area contributed by atoms with E-state index in [1.807, 2.05) is 24.0 Å². The number of alkyl halides is 2. The number of nitro groups is 2. The number of Topliss-reactive ketones (excluding diaryl/α,β-unsaturated/α-hetero) is 1. The number of esters is 1. The zero-order valence-corrected chi connectivity index (χ0v) is 39.0. The second kappa shape index (κ2) is 29.2. The molecule has 0 N–H and O–H groups in total. The van der Waals surface area contributed by atoms with Crippen molar-refractivity contribution >= 4 is 74.8 Å². The number of halogens is 2. The Morgan fingerprint density at radius 1 is 0.734 bits per heavy atom. The van der Waals surface area contributed by atoms with Crippen molar-refractivity contribution in [2.24, 2.45) is 32.3 Å². The molecule has 0 fully saturated rings. The lowest BCUT2D eigenvalue weighted by Crippen LogP contribution is -2.31. The number of nitro benzene ring substituents is 2. The van der Waals surface area contributed by atoms with E-state index in [0.29, 0.717) is 36.1 Å². The van der Waals surface area contributed by atoms with E-state index in [9.17, 15) is 29.8 Å². The lowest BCUT2D eigenvalue weighted by Gasteiger charge is -2.25. The molecular formula is C45H61Cl2N7O10. The maximum atomic E-state index is 12.1. The van der Waals surface area contributed by atoms with Crippen molar-refractivity contribution in [3.05, 3.63) is 74.3 Å². The SMILES string of the molecule is CCCCC(CC)COc1cc(N=Nc2ccc([N+](=O)[O-])cc2[N+](=O)[O-])c(OCC(CC)CCCC)cc1N=Nc1ccc(N(CCOC(=O)CCCl)COCC(=O)CCCl)cc1C. The fourth-order valence-electron chi connectivity index (χ4n) is 6.29. The van der Waals surface area contributed by atoms with E-state index in [0.717, 1.165) is 74.8 Å². The molecule has 17 nitrogen and oxygen atoms in total. The third-order valence-electron chi connectivity index (χ3n) is 10.3. The normalized spacial score (nSPS) is 12.4. The number of non-ortho nitro benzene ring substituents is 1. The topological polar surface area (TPSA) is 210 Å². The van der Waals surface area contributed by atoms with Crippen LogP contribution in [0.3, 0.4) is 0 Å². The minimum Gasteiger partial charge on any atom is -0.491 e. The Hall–Kier alpha value is -5.26. The molecule has 0 heterocycles. The highest BCUT2D eigenvalue weighted by molar-refractivity contribution is 6.19. The molecule has 64 heavy (non-hydrogen) atoms. The molecule has 2 unspecified atom stereocenters. The first-order valence-electron chi connectivity index (χ1n) is 21.8. The van der Waals surface area contributed by atoms with Crippen molar-refractivity contribution in [1.29, 1.82) is 0 Å². The summed E-state index contributed by atoms with van der Waals surface area (Å²) in [5, 5.41) is 41.2. The molecule has 0 amide bonds. The highest BCUT2D eigenvalue weighted by Crippen LogP contribution is 2.43. The van der Waals surface area contributed by atoms with Crippen LogP contribution in [0.2, 0.25) is 0 Å². The van der Waals surface area contributed by atoms with E-state index in [1.165, 1.54) is 6.07 Å². The lowest BCUT2D eigenvalue weighted by molar-refractivity contribution is -0.393. The summed E-state index contributed by atoms with van der Waals surface area (Å²) in [4.78, 5) is 47.8. The van der Waals surface area contributed by atoms with Crippen LogP contribution >= 0.6 is 23.2 Å².